The van der Waals surface area contributed by atoms with Crippen LogP contribution in [0, 0.1) is 0 Å². The Bertz CT molecular complexity index is 739. The maximum Gasteiger partial charge on any atom is 0.224 e. The van der Waals surface area contributed by atoms with E-state index >= 15 is 0 Å². The summed E-state index contributed by atoms with van der Waals surface area (Å²) >= 11 is 0. The molecular formula is C22H31N5O. The van der Waals surface area contributed by atoms with Crippen molar-refractivity contribution < 1.29 is 4.74 Å². The number of rotatable bonds is 6. The molecule has 2 fully saturated rings. The Morgan fingerprint density at radius 3 is 2.54 bits per heavy atom. The summed E-state index contributed by atoms with van der Waals surface area (Å²) < 4.78 is 5.43. The van der Waals surface area contributed by atoms with E-state index in [2.05, 4.69) is 49.4 Å². The fraction of sp³-hybridized carbons (Fsp3) is 0.545. The first-order valence-electron chi connectivity index (χ1n) is 10.6. The summed E-state index contributed by atoms with van der Waals surface area (Å²) in [5.41, 5.74) is 2.66. The molecule has 3 heterocycles. The fourth-order valence-electron chi connectivity index (χ4n) is 3.97. The molecule has 0 bridgehead atoms. The van der Waals surface area contributed by atoms with Crippen molar-refractivity contribution in [2.45, 2.75) is 38.8 Å². The van der Waals surface area contributed by atoms with Crippen LogP contribution in [0.4, 0.5) is 11.8 Å². The number of ether oxygens (including phenoxy) is 1. The number of hydrogen-bond donors (Lipinski definition) is 1. The Kier molecular flexibility index (Phi) is 6.73. The van der Waals surface area contributed by atoms with Gasteiger partial charge >= 0.3 is 0 Å². The number of anilines is 2. The van der Waals surface area contributed by atoms with E-state index in [0.29, 0.717) is 5.95 Å². The maximum absolute atomic E-state index is 5.43. The van der Waals surface area contributed by atoms with Crippen molar-refractivity contribution in [1.82, 2.24) is 14.9 Å². The van der Waals surface area contributed by atoms with E-state index in [1.807, 2.05) is 12.3 Å². The highest BCUT2D eigenvalue weighted by atomic mass is 16.5. The van der Waals surface area contributed by atoms with Gasteiger partial charge in [0.25, 0.3) is 0 Å². The highest BCUT2D eigenvalue weighted by Gasteiger charge is 2.13. The molecule has 6 nitrogen and oxygen atoms in total. The summed E-state index contributed by atoms with van der Waals surface area (Å²) in [5, 5.41) is 3.39. The van der Waals surface area contributed by atoms with Crippen LogP contribution in [0.2, 0.25) is 0 Å². The predicted octanol–water partition coefficient (Wildman–Crippen LogP) is 3.30. The zero-order valence-electron chi connectivity index (χ0n) is 16.6. The first-order valence-corrected chi connectivity index (χ1v) is 10.6. The lowest BCUT2D eigenvalue weighted by molar-refractivity contribution is 0.122. The lowest BCUT2D eigenvalue weighted by atomic mass is 10.1. The van der Waals surface area contributed by atoms with Gasteiger partial charge in [0.1, 0.15) is 5.82 Å². The molecule has 0 aliphatic carbocycles. The van der Waals surface area contributed by atoms with Crippen LogP contribution < -0.4 is 10.2 Å². The quantitative estimate of drug-likeness (QED) is 0.829. The number of nitrogens with zero attached hydrogens (tertiary/aromatic N) is 4. The SMILES string of the molecule is c1cc(CNc2nccc(N3CCOCC3)n2)cc(CN2CCCCCC2)c1. The summed E-state index contributed by atoms with van der Waals surface area (Å²) in [4.78, 5) is 13.9. The highest BCUT2D eigenvalue weighted by molar-refractivity contribution is 5.43. The molecule has 2 saturated heterocycles. The Morgan fingerprint density at radius 2 is 1.71 bits per heavy atom. The minimum Gasteiger partial charge on any atom is -0.378 e. The zero-order chi connectivity index (χ0) is 19.0. The second kappa shape index (κ2) is 9.85. The van der Waals surface area contributed by atoms with Gasteiger partial charge in [-0.15, -0.1) is 0 Å². The molecule has 0 saturated carbocycles. The zero-order valence-corrected chi connectivity index (χ0v) is 16.6. The van der Waals surface area contributed by atoms with Crippen LogP contribution in [-0.2, 0) is 17.8 Å². The topological polar surface area (TPSA) is 53.5 Å². The third kappa shape index (κ3) is 5.42. The van der Waals surface area contributed by atoms with Crippen LogP contribution in [0.3, 0.4) is 0 Å². The van der Waals surface area contributed by atoms with E-state index in [-0.39, 0.29) is 0 Å². The largest absolute Gasteiger partial charge is 0.378 e. The number of benzene rings is 1. The molecule has 2 aliphatic heterocycles. The van der Waals surface area contributed by atoms with Crippen molar-refractivity contribution in [3.05, 3.63) is 47.7 Å². The van der Waals surface area contributed by atoms with Crippen molar-refractivity contribution in [2.24, 2.45) is 0 Å². The van der Waals surface area contributed by atoms with Gasteiger partial charge in [-0.3, -0.25) is 4.90 Å². The van der Waals surface area contributed by atoms with E-state index < -0.39 is 0 Å². The van der Waals surface area contributed by atoms with Gasteiger partial charge < -0.3 is 15.0 Å². The average Bonchev–Trinajstić information content (AvgIpc) is 3.02. The van der Waals surface area contributed by atoms with Gasteiger partial charge in [0.05, 0.1) is 13.2 Å². The molecule has 1 aromatic carbocycles. The lowest BCUT2D eigenvalue weighted by Gasteiger charge is -2.27. The Hall–Kier alpha value is -2.18. The molecule has 1 N–H and O–H groups in total. The molecule has 2 aromatic rings. The van der Waals surface area contributed by atoms with Crippen LogP contribution in [-0.4, -0.2) is 54.3 Å². The van der Waals surface area contributed by atoms with E-state index in [9.17, 15) is 0 Å². The predicted molar refractivity (Wildman–Crippen MR) is 113 cm³/mol. The van der Waals surface area contributed by atoms with Crippen LogP contribution in [0.15, 0.2) is 36.5 Å². The van der Waals surface area contributed by atoms with Gasteiger partial charge in [0.15, 0.2) is 0 Å². The van der Waals surface area contributed by atoms with Crippen molar-refractivity contribution in [2.75, 3.05) is 49.6 Å². The van der Waals surface area contributed by atoms with E-state index in [4.69, 9.17) is 4.74 Å². The molecule has 28 heavy (non-hydrogen) atoms. The molecule has 0 amide bonds. The number of nitrogens with one attached hydrogen (secondary N) is 1. The van der Waals surface area contributed by atoms with Crippen LogP contribution >= 0.6 is 0 Å². The van der Waals surface area contributed by atoms with Gasteiger partial charge in [-0.1, -0.05) is 37.1 Å². The molecular weight excluding hydrogens is 350 g/mol. The number of aromatic nitrogens is 2. The number of morpholine rings is 1. The van der Waals surface area contributed by atoms with Crippen molar-refractivity contribution >= 4 is 11.8 Å². The van der Waals surface area contributed by atoms with Gasteiger partial charge in [-0.2, -0.15) is 4.98 Å². The van der Waals surface area contributed by atoms with Gasteiger partial charge in [0.2, 0.25) is 5.95 Å². The third-order valence-electron chi connectivity index (χ3n) is 5.52. The molecule has 0 spiro atoms. The first kappa shape index (κ1) is 19.2. The molecule has 6 heteroatoms. The third-order valence-corrected chi connectivity index (χ3v) is 5.52. The average molecular weight is 382 g/mol. The summed E-state index contributed by atoms with van der Waals surface area (Å²) in [6.45, 7) is 7.53. The van der Waals surface area contributed by atoms with E-state index in [1.165, 1.54) is 49.9 Å². The Balaban J connectivity index is 1.34. The summed E-state index contributed by atoms with van der Waals surface area (Å²) in [7, 11) is 0. The highest BCUT2D eigenvalue weighted by Crippen LogP contribution is 2.16. The first-order chi connectivity index (χ1) is 13.9. The van der Waals surface area contributed by atoms with E-state index in [1.54, 1.807) is 0 Å². The Morgan fingerprint density at radius 1 is 0.929 bits per heavy atom. The smallest absolute Gasteiger partial charge is 0.224 e. The standard InChI is InChI=1S/C22H31N5O/c1-2-4-11-26(10-3-1)18-20-7-5-6-19(16-20)17-24-22-23-9-8-21(25-22)27-12-14-28-15-13-27/h5-9,16H,1-4,10-15,17-18H2,(H,23,24,25). The van der Waals surface area contributed by atoms with Crippen LogP contribution in [0.25, 0.3) is 0 Å². The molecule has 2 aliphatic rings. The lowest BCUT2D eigenvalue weighted by Crippen LogP contribution is -2.36. The number of hydrogen-bond acceptors (Lipinski definition) is 6. The second-order valence-electron chi connectivity index (χ2n) is 7.70. The van der Waals surface area contributed by atoms with Crippen molar-refractivity contribution in [3.63, 3.8) is 0 Å². The fourth-order valence-corrected chi connectivity index (χ4v) is 3.97. The summed E-state index contributed by atoms with van der Waals surface area (Å²) in [6, 6.07) is 10.9. The van der Waals surface area contributed by atoms with E-state index in [0.717, 1.165) is 45.2 Å². The number of likely N-dealkylation sites (tertiary alicyclic amines) is 1. The molecule has 0 unspecified atom stereocenters. The molecule has 0 radical (unpaired) electrons. The molecule has 1 aromatic heterocycles. The van der Waals surface area contributed by atoms with Crippen LogP contribution in [0.5, 0.6) is 0 Å². The monoisotopic (exact) mass is 381 g/mol. The van der Waals surface area contributed by atoms with Crippen LogP contribution in [0.1, 0.15) is 36.8 Å². The van der Waals surface area contributed by atoms with Gasteiger partial charge in [-0.05, 0) is 43.1 Å². The maximum atomic E-state index is 5.43. The van der Waals surface area contributed by atoms with Gasteiger partial charge in [-0.25, -0.2) is 4.98 Å². The minimum atomic E-state index is 0.682. The molecule has 4 rings (SSSR count). The second-order valence-corrected chi connectivity index (χ2v) is 7.70. The van der Waals surface area contributed by atoms with Crippen molar-refractivity contribution in [3.8, 4) is 0 Å². The minimum absolute atomic E-state index is 0.682. The Labute approximate surface area is 167 Å². The molecule has 150 valence electrons. The van der Waals surface area contributed by atoms with Gasteiger partial charge in [0, 0.05) is 32.4 Å². The summed E-state index contributed by atoms with van der Waals surface area (Å²) in [6.07, 6.45) is 7.25. The summed E-state index contributed by atoms with van der Waals surface area (Å²) in [5.74, 6) is 1.65. The normalized spacial score (nSPS) is 18.6. The van der Waals surface area contributed by atoms with Crippen molar-refractivity contribution in [1.29, 1.82) is 0 Å². The molecule has 0 atom stereocenters.